The molecule has 0 saturated heterocycles. The van der Waals surface area contributed by atoms with E-state index in [0.717, 1.165) is 28.8 Å². The van der Waals surface area contributed by atoms with Gasteiger partial charge in [0.2, 0.25) is 0 Å². The van der Waals surface area contributed by atoms with Gasteiger partial charge in [-0.1, -0.05) is 29.8 Å². The van der Waals surface area contributed by atoms with Crippen LogP contribution in [0, 0.1) is 0 Å². The molecule has 0 aliphatic carbocycles. The van der Waals surface area contributed by atoms with Crippen LogP contribution in [-0.4, -0.2) is 25.9 Å². The number of fused-ring (bicyclic) bond motifs is 2. The van der Waals surface area contributed by atoms with Crippen molar-refractivity contribution in [2.24, 2.45) is 0 Å². The zero-order chi connectivity index (χ0) is 22.3. The first-order valence-corrected chi connectivity index (χ1v) is 12.7. The molecule has 3 aromatic carbocycles. The molecule has 9 heteroatoms. The summed E-state index contributed by atoms with van der Waals surface area (Å²) < 4.78 is 28.8. The molecule has 2 heterocycles. The summed E-state index contributed by atoms with van der Waals surface area (Å²) in [7, 11) is -3.72. The normalized spacial score (nSPS) is 13.7. The molecule has 1 amide bonds. The predicted molar refractivity (Wildman–Crippen MR) is 128 cm³/mol. The maximum absolute atomic E-state index is 13.3. The highest BCUT2D eigenvalue weighted by atomic mass is 35.5. The van der Waals surface area contributed by atoms with Gasteiger partial charge in [0, 0.05) is 12.1 Å². The Bertz CT molecular complexity index is 1430. The third kappa shape index (κ3) is 3.64. The molecule has 6 nitrogen and oxygen atoms in total. The highest BCUT2D eigenvalue weighted by molar-refractivity contribution is 7.92. The number of benzene rings is 3. The number of carbonyl (C=O) groups excluding carboxylic acids is 1. The molecule has 162 valence electrons. The van der Waals surface area contributed by atoms with Gasteiger partial charge in [-0.25, -0.2) is 13.4 Å². The van der Waals surface area contributed by atoms with Gasteiger partial charge < -0.3 is 5.32 Å². The van der Waals surface area contributed by atoms with E-state index >= 15 is 0 Å². The van der Waals surface area contributed by atoms with Crippen LogP contribution >= 0.6 is 22.9 Å². The Morgan fingerprint density at radius 1 is 1.06 bits per heavy atom. The zero-order valence-electron chi connectivity index (χ0n) is 16.8. The van der Waals surface area contributed by atoms with Crippen LogP contribution in [0.1, 0.15) is 22.3 Å². The SMILES string of the molecule is O=C(Nc1ccc(Cl)c2ncsc12)c1ccc(S(=O)(=O)N2CCCc3ccccc32)cc1. The van der Waals surface area contributed by atoms with Crippen LogP contribution < -0.4 is 9.62 Å². The van der Waals surface area contributed by atoms with Crippen molar-refractivity contribution in [1.82, 2.24) is 4.98 Å². The van der Waals surface area contributed by atoms with Crippen molar-refractivity contribution >= 4 is 60.5 Å². The van der Waals surface area contributed by atoms with Crippen molar-refractivity contribution in [2.75, 3.05) is 16.2 Å². The number of anilines is 2. The third-order valence-electron chi connectivity index (χ3n) is 5.45. The average Bonchev–Trinajstić information content (AvgIpc) is 3.32. The molecule has 1 aliphatic heterocycles. The number of rotatable bonds is 4. The quantitative estimate of drug-likeness (QED) is 0.424. The first-order chi connectivity index (χ1) is 15.4. The van der Waals surface area contributed by atoms with E-state index in [1.807, 2.05) is 24.3 Å². The summed E-state index contributed by atoms with van der Waals surface area (Å²) in [6.07, 6.45) is 1.63. The monoisotopic (exact) mass is 483 g/mol. The van der Waals surface area contributed by atoms with Crippen LogP contribution in [0.15, 0.2) is 71.1 Å². The second-order valence-electron chi connectivity index (χ2n) is 7.41. The number of aryl methyl sites for hydroxylation is 1. The van der Waals surface area contributed by atoms with E-state index in [-0.39, 0.29) is 10.8 Å². The van der Waals surface area contributed by atoms with Gasteiger partial charge in [-0.05, 0) is 60.9 Å². The molecule has 4 aromatic rings. The Morgan fingerprint density at radius 3 is 2.66 bits per heavy atom. The summed E-state index contributed by atoms with van der Waals surface area (Å²) in [5.74, 6) is -0.339. The molecular formula is C23H18ClN3O3S2. The van der Waals surface area contributed by atoms with Crippen molar-refractivity contribution in [3.05, 3.63) is 82.3 Å². The van der Waals surface area contributed by atoms with Gasteiger partial charge in [-0.3, -0.25) is 9.10 Å². The van der Waals surface area contributed by atoms with Crippen LogP contribution in [0.25, 0.3) is 10.2 Å². The van der Waals surface area contributed by atoms with E-state index in [9.17, 15) is 13.2 Å². The van der Waals surface area contributed by atoms with E-state index in [2.05, 4.69) is 10.3 Å². The van der Waals surface area contributed by atoms with Crippen molar-refractivity contribution in [3.8, 4) is 0 Å². The number of nitrogens with zero attached hydrogens (tertiary/aromatic N) is 2. The number of aromatic nitrogens is 1. The second-order valence-corrected chi connectivity index (χ2v) is 10.5. The maximum atomic E-state index is 13.3. The third-order valence-corrected chi connectivity index (χ3v) is 8.45. The molecule has 0 atom stereocenters. The van der Waals surface area contributed by atoms with Gasteiger partial charge in [-0.15, -0.1) is 11.3 Å². The number of hydrogen-bond donors (Lipinski definition) is 1. The smallest absolute Gasteiger partial charge is 0.264 e. The van der Waals surface area contributed by atoms with Gasteiger partial charge in [0.1, 0.15) is 5.52 Å². The average molecular weight is 484 g/mol. The van der Waals surface area contributed by atoms with Gasteiger partial charge in [0.05, 0.1) is 31.5 Å². The number of sulfonamides is 1. The van der Waals surface area contributed by atoms with Crippen LogP contribution in [-0.2, 0) is 16.4 Å². The lowest BCUT2D eigenvalue weighted by atomic mass is 10.0. The van der Waals surface area contributed by atoms with Crippen LogP contribution in [0.5, 0.6) is 0 Å². The number of nitrogens with one attached hydrogen (secondary N) is 1. The van der Waals surface area contributed by atoms with Crippen molar-refractivity contribution in [1.29, 1.82) is 0 Å². The van der Waals surface area contributed by atoms with E-state index in [4.69, 9.17) is 11.6 Å². The minimum Gasteiger partial charge on any atom is -0.321 e. The Balaban J connectivity index is 1.40. The number of para-hydroxylation sites is 1. The lowest BCUT2D eigenvalue weighted by Crippen LogP contribution is -2.35. The van der Waals surface area contributed by atoms with Crippen molar-refractivity contribution < 1.29 is 13.2 Å². The fraction of sp³-hybridized carbons (Fsp3) is 0.130. The van der Waals surface area contributed by atoms with Crippen LogP contribution in [0.3, 0.4) is 0 Å². The zero-order valence-corrected chi connectivity index (χ0v) is 19.2. The number of halogens is 1. The molecule has 1 N–H and O–H groups in total. The lowest BCUT2D eigenvalue weighted by Gasteiger charge is -2.30. The van der Waals surface area contributed by atoms with E-state index < -0.39 is 10.0 Å². The summed E-state index contributed by atoms with van der Waals surface area (Å²) >= 11 is 7.54. The number of carbonyl (C=O) groups is 1. The molecular weight excluding hydrogens is 466 g/mol. The van der Waals surface area contributed by atoms with E-state index in [0.29, 0.717) is 28.3 Å². The molecule has 0 unspecified atom stereocenters. The molecule has 0 spiro atoms. The summed E-state index contributed by atoms with van der Waals surface area (Å²) in [6.45, 7) is 0.434. The van der Waals surface area contributed by atoms with Crippen molar-refractivity contribution in [2.45, 2.75) is 17.7 Å². The summed E-state index contributed by atoms with van der Waals surface area (Å²) in [6, 6.07) is 17.0. The number of amides is 1. The fourth-order valence-corrected chi connectivity index (χ4v) is 6.45. The first kappa shape index (κ1) is 20.9. The molecule has 1 aromatic heterocycles. The Labute approximate surface area is 194 Å². The summed E-state index contributed by atoms with van der Waals surface area (Å²) in [5, 5.41) is 3.38. The second kappa shape index (κ2) is 8.20. The first-order valence-electron chi connectivity index (χ1n) is 9.99. The Hall–Kier alpha value is -2.94. The molecule has 0 bridgehead atoms. The van der Waals surface area contributed by atoms with Gasteiger partial charge in [-0.2, -0.15) is 0 Å². The summed E-state index contributed by atoms with van der Waals surface area (Å²) in [5.41, 5.74) is 5.02. The summed E-state index contributed by atoms with van der Waals surface area (Å²) in [4.78, 5) is 17.1. The fourth-order valence-electron chi connectivity index (χ4n) is 3.87. The van der Waals surface area contributed by atoms with Crippen LogP contribution in [0.2, 0.25) is 5.02 Å². The van der Waals surface area contributed by atoms with Gasteiger partial charge in [0.15, 0.2) is 0 Å². The maximum Gasteiger partial charge on any atom is 0.264 e. The molecule has 1 aliphatic rings. The van der Waals surface area contributed by atoms with Gasteiger partial charge >= 0.3 is 0 Å². The minimum absolute atomic E-state index is 0.155. The molecule has 0 radical (unpaired) electrons. The Morgan fingerprint density at radius 2 is 1.84 bits per heavy atom. The predicted octanol–water partition coefficient (Wildman–Crippen LogP) is 5.34. The molecule has 32 heavy (non-hydrogen) atoms. The van der Waals surface area contributed by atoms with E-state index in [1.54, 1.807) is 17.6 Å². The highest BCUT2D eigenvalue weighted by Crippen LogP contribution is 2.33. The topological polar surface area (TPSA) is 79.4 Å². The minimum atomic E-state index is -3.72. The Kier molecular flexibility index (Phi) is 5.36. The number of hydrogen-bond acceptors (Lipinski definition) is 5. The van der Waals surface area contributed by atoms with Gasteiger partial charge in [0.25, 0.3) is 15.9 Å². The number of thiazole rings is 1. The van der Waals surface area contributed by atoms with Crippen molar-refractivity contribution in [3.63, 3.8) is 0 Å². The standard InChI is InChI=1S/C23H18ClN3O3S2/c24-18-11-12-19(22-21(18)25-14-31-22)26-23(28)16-7-9-17(10-8-16)32(29,30)27-13-3-5-15-4-1-2-6-20(15)27/h1-2,4,6-12,14H,3,5,13H2,(H,26,28). The van der Waals surface area contributed by atoms with E-state index in [1.165, 1.54) is 39.9 Å². The highest BCUT2D eigenvalue weighted by Gasteiger charge is 2.29. The largest absolute Gasteiger partial charge is 0.321 e. The lowest BCUT2D eigenvalue weighted by molar-refractivity contribution is 0.102. The van der Waals surface area contributed by atoms with Crippen LogP contribution in [0.4, 0.5) is 11.4 Å². The molecule has 5 rings (SSSR count). The molecule has 0 fully saturated rings. The molecule has 0 saturated carbocycles.